The molecule has 0 radical (unpaired) electrons. The first-order chi connectivity index (χ1) is 14.7. The molecule has 1 aromatic heterocycles. The first-order valence-electron chi connectivity index (χ1n) is 9.91. The van der Waals surface area contributed by atoms with Crippen LogP contribution in [0.3, 0.4) is 0 Å². The summed E-state index contributed by atoms with van der Waals surface area (Å²) < 4.78 is 0. The Hall–Kier alpha value is -3.80. The molecule has 150 valence electrons. The Balaban J connectivity index is 1.47. The molecule has 0 spiro atoms. The summed E-state index contributed by atoms with van der Waals surface area (Å²) in [5.74, 6) is 0.360. The van der Waals surface area contributed by atoms with Gasteiger partial charge in [-0.25, -0.2) is 0 Å². The zero-order valence-corrected chi connectivity index (χ0v) is 16.8. The highest BCUT2D eigenvalue weighted by Gasteiger charge is 2.17. The fourth-order valence-corrected chi connectivity index (χ4v) is 3.40. The lowest BCUT2D eigenvalue weighted by atomic mass is 9.99. The van der Waals surface area contributed by atoms with Crippen molar-refractivity contribution >= 4 is 5.91 Å². The lowest BCUT2D eigenvalue weighted by Gasteiger charge is -2.19. The number of carbonyl (C=O) groups is 1. The molecule has 4 aromatic rings. The summed E-state index contributed by atoms with van der Waals surface area (Å²) in [6.07, 6.45) is 0.704. The number of benzene rings is 3. The number of rotatable bonds is 7. The Bertz CT molecular complexity index is 1110. The minimum atomic E-state index is -0.159. The molecule has 0 saturated heterocycles. The third kappa shape index (κ3) is 4.78. The topological polar surface area (TPSA) is 72.7 Å². The van der Waals surface area contributed by atoms with E-state index in [1.54, 1.807) is 0 Å². The van der Waals surface area contributed by atoms with E-state index in [-0.39, 0.29) is 18.5 Å². The zero-order valence-electron chi connectivity index (χ0n) is 16.8. The van der Waals surface area contributed by atoms with E-state index in [9.17, 15) is 4.79 Å². The van der Waals surface area contributed by atoms with Crippen LogP contribution in [0.4, 0.5) is 0 Å². The van der Waals surface area contributed by atoms with E-state index in [0.29, 0.717) is 12.2 Å². The molecule has 0 aliphatic rings. The van der Waals surface area contributed by atoms with Crippen LogP contribution >= 0.6 is 0 Å². The number of aryl methyl sites for hydroxylation is 1. The van der Waals surface area contributed by atoms with Gasteiger partial charge in [0.05, 0.1) is 6.04 Å². The third-order valence-corrected chi connectivity index (χ3v) is 4.94. The summed E-state index contributed by atoms with van der Waals surface area (Å²) in [7, 11) is 0. The second kappa shape index (κ2) is 9.13. The molecule has 0 bridgehead atoms. The lowest BCUT2D eigenvalue weighted by molar-refractivity contribution is -0.122. The summed E-state index contributed by atoms with van der Waals surface area (Å²) in [6.45, 7) is 2.01. The van der Waals surface area contributed by atoms with E-state index in [0.717, 1.165) is 22.3 Å². The van der Waals surface area contributed by atoms with Crippen molar-refractivity contribution < 1.29 is 4.79 Å². The first-order valence-corrected chi connectivity index (χ1v) is 9.91. The van der Waals surface area contributed by atoms with E-state index in [2.05, 4.69) is 32.9 Å². The molecular weight excluding hydrogens is 374 g/mol. The van der Waals surface area contributed by atoms with Crippen molar-refractivity contribution in [2.45, 2.75) is 25.9 Å². The highest BCUT2D eigenvalue weighted by atomic mass is 16.2. The monoisotopic (exact) mass is 397 g/mol. The van der Waals surface area contributed by atoms with Gasteiger partial charge in [0.15, 0.2) is 0 Å². The molecule has 0 saturated carbocycles. The minimum absolute atomic E-state index is 0.0109. The van der Waals surface area contributed by atoms with Gasteiger partial charge in [0.2, 0.25) is 11.7 Å². The number of tetrazole rings is 1. The van der Waals surface area contributed by atoms with Crippen LogP contribution in [0.2, 0.25) is 0 Å². The van der Waals surface area contributed by atoms with E-state index in [4.69, 9.17) is 0 Å². The van der Waals surface area contributed by atoms with Gasteiger partial charge in [0.25, 0.3) is 0 Å². The molecule has 0 aliphatic heterocycles. The Morgan fingerprint density at radius 3 is 2.33 bits per heavy atom. The predicted molar refractivity (Wildman–Crippen MR) is 115 cm³/mol. The van der Waals surface area contributed by atoms with Crippen LogP contribution in [-0.2, 0) is 17.8 Å². The summed E-state index contributed by atoms with van der Waals surface area (Å²) in [6, 6.07) is 27.8. The molecular formula is C24H23N5O. The Morgan fingerprint density at radius 1 is 0.933 bits per heavy atom. The van der Waals surface area contributed by atoms with Crippen molar-refractivity contribution in [1.82, 2.24) is 25.5 Å². The first kappa shape index (κ1) is 19.5. The van der Waals surface area contributed by atoms with Crippen LogP contribution in [0.1, 0.15) is 22.7 Å². The van der Waals surface area contributed by atoms with Crippen LogP contribution in [0, 0.1) is 6.92 Å². The van der Waals surface area contributed by atoms with E-state index < -0.39 is 0 Å². The van der Waals surface area contributed by atoms with Crippen LogP contribution in [-0.4, -0.2) is 26.1 Å². The predicted octanol–water partition coefficient (Wildman–Crippen LogP) is 3.75. The van der Waals surface area contributed by atoms with E-state index in [1.165, 1.54) is 4.80 Å². The van der Waals surface area contributed by atoms with Crippen molar-refractivity contribution in [2.24, 2.45) is 0 Å². The van der Waals surface area contributed by atoms with Gasteiger partial charge >= 0.3 is 0 Å². The molecule has 0 fully saturated rings. The average molecular weight is 397 g/mol. The zero-order chi connectivity index (χ0) is 20.8. The largest absolute Gasteiger partial charge is 0.347 e. The highest BCUT2D eigenvalue weighted by Crippen LogP contribution is 2.19. The van der Waals surface area contributed by atoms with Crippen LogP contribution < -0.4 is 5.32 Å². The van der Waals surface area contributed by atoms with Gasteiger partial charge in [-0.05, 0) is 35.2 Å². The van der Waals surface area contributed by atoms with Crippen molar-refractivity contribution in [3.63, 3.8) is 0 Å². The molecule has 4 rings (SSSR count). The normalized spacial score (nSPS) is 11.8. The number of amides is 1. The Labute approximate surface area is 175 Å². The number of nitrogens with one attached hydrogen (secondary N) is 1. The van der Waals surface area contributed by atoms with Gasteiger partial charge in [0.1, 0.15) is 6.54 Å². The molecule has 0 unspecified atom stereocenters. The smallest absolute Gasteiger partial charge is 0.244 e. The van der Waals surface area contributed by atoms with Gasteiger partial charge in [-0.2, -0.15) is 4.80 Å². The quantitative estimate of drug-likeness (QED) is 0.515. The molecule has 6 nitrogen and oxygen atoms in total. The molecule has 30 heavy (non-hydrogen) atoms. The molecule has 1 atom stereocenters. The number of nitrogens with zero attached hydrogens (tertiary/aromatic N) is 4. The number of carbonyl (C=O) groups excluding carboxylic acids is 1. The summed E-state index contributed by atoms with van der Waals surface area (Å²) >= 11 is 0. The summed E-state index contributed by atoms with van der Waals surface area (Å²) in [5.41, 5.74) is 4.19. The second-order valence-electron chi connectivity index (χ2n) is 7.18. The van der Waals surface area contributed by atoms with Gasteiger partial charge in [-0.1, -0.05) is 84.9 Å². The highest BCUT2D eigenvalue weighted by molar-refractivity contribution is 5.76. The van der Waals surface area contributed by atoms with Crippen molar-refractivity contribution in [3.05, 3.63) is 102 Å². The van der Waals surface area contributed by atoms with Crippen LogP contribution in [0.15, 0.2) is 84.9 Å². The molecule has 1 heterocycles. The Kier molecular flexibility index (Phi) is 5.94. The summed E-state index contributed by atoms with van der Waals surface area (Å²) in [5, 5.41) is 15.7. The number of hydrogen-bond acceptors (Lipinski definition) is 4. The van der Waals surface area contributed by atoms with Crippen molar-refractivity contribution in [3.8, 4) is 11.4 Å². The molecule has 0 aliphatic carbocycles. The SMILES string of the molecule is Cc1ccccc1-c1nnn(CC(=O)N[C@H](Cc2ccccc2)c2ccccc2)n1. The molecule has 6 heteroatoms. The van der Waals surface area contributed by atoms with E-state index >= 15 is 0 Å². The van der Waals surface area contributed by atoms with Gasteiger partial charge in [-0.15, -0.1) is 10.2 Å². The van der Waals surface area contributed by atoms with Gasteiger partial charge in [-0.3, -0.25) is 4.79 Å². The van der Waals surface area contributed by atoms with Crippen molar-refractivity contribution in [2.75, 3.05) is 0 Å². The van der Waals surface area contributed by atoms with Gasteiger partial charge < -0.3 is 5.32 Å². The van der Waals surface area contributed by atoms with Crippen LogP contribution in [0.5, 0.6) is 0 Å². The molecule has 1 amide bonds. The lowest BCUT2D eigenvalue weighted by Crippen LogP contribution is -2.33. The molecule has 3 aromatic carbocycles. The second-order valence-corrected chi connectivity index (χ2v) is 7.18. The fourth-order valence-electron chi connectivity index (χ4n) is 3.40. The number of hydrogen-bond donors (Lipinski definition) is 1. The third-order valence-electron chi connectivity index (χ3n) is 4.94. The van der Waals surface area contributed by atoms with Gasteiger partial charge in [0, 0.05) is 5.56 Å². The maximum atomic E-state index is 12.8. The van der Waals surface area contributed by atoms with Crippen LogP contribution in [0.25, 0.3) is 11.4 Å². The van der Waals surface area contributed by atoms with E-state index in [1.807, 2.05) is 79.7 Å². The maximum absolute atomic E-state index is 12.8. The minimum Gasteiger partial charge on any atom is -0.347 e. The maximum Gasteiger partial charge on any atom is 0.244 e. The standard InChI is InChI=1S/C24H23N5O/c1-18-10-8-9-15-21(18)24-26-28-29(27-24)17-23(30)25-22(20-13-6-3-7-14-20)16-19-11-4-2-5-12-19/h2-15,22H,16-17H2,1H3,(H,25,30)/t22-/m1/s1. The fraction of sp³-hybridized carbons (Fsp3) is 0.167. The summed E-state index contributed by atoms with van der Waals surface area (Å²) in [4.78, 5) is 14.1. The van der Waals surface area contributed by atoms with Crippen molar-refractivity contribution in [1.29, 1.82) is 0 Å². The molecule has 1 N–H and O–H groups in total. The number of aromatic nitrogens is 4. The average Bonchev–Trinajstić information content (AvgIpc) is 3.23. The Morgan fingerprint density at radius 2 is 1.60 bits per heavy atom.